The molecule has 0 bridgehead atoms. The van der Waals surface area contributed by atoms with E-state index < -0.39 is 36.7 Å². The van der Waals surface area contributed by atoms with Crippen LogP contribution in [0.5, 0.6) is 0 Å². The number of benzene rings is 1. The van der Waals surface area contributed by atoms with Gasteiger partial charge in [0.05, 0.1) is 6.61 Å². The Bertz CT molecular complexity index is 533. The SMILES string of the molecule is CC1(C)O[C@H]2O[C@@H]3COC(c4ccccc4)O[C@H]3[C@H](O)[C@H]2O1. The first-order valence-electron chi connectivity index (χ1n) is 7.55. The monoisotopic (exact) mass is 308 g/mol. The molecule has 3 saturated heterocycles. The summed E-state index contributed by atoms with van der Waals surface area (Å²) in [6.07, 6.45) is -3.34. The molecular formula is C16H20O6. The van der Waals surface area contributed by atoms with Gasteiger partial charge in [-0.15, -0.1) is 0 Å². The highest BCUT2D eigenvalue weighted by Gasteiger charge is 2.56. The average Bonchev–Trinajstić information content (AvgIpc) is 2.83. The van der Waals surface area contributed by atoms with E-state index in [0.717, 1.165) is 5.56 Å². The molecule has 0 radical (unpaired) electrons. The minimum absolute atomic E-state index is 0.342. The zero-order valence-electron chi connectivity index (χ0n) is 12.5. The van der Waals surface area contributed by atoms with E-state index in [1.165, 1.54) is 0 Å². The van der Waals surface area contributed by atoms with Gasteiger partial charge in [0.2, 0.25) is 0 Å². The van der Waals surface area contributed by atoms with Gasteiger partial charge in [-0.3, -0.25) is 0 Å². The second-order valence-corrected chi connectivity index (χ2v) is 6.31. The third-order valence-electron chi connectivity index (χ3n) is 4.20. The summed E-state index contributed by atoms with van der Waals surface area (Å²) in [6, 6.07) is 9.65. The van der Waals surface area contributed by atoms with E-state index in [1.807, 2.05) is 30.3 Å². The fourth-order valence-corrected chi connectivity index (χ4v) is 3.20. The lowest BCUT2D eigenvalue weighted by molar-refractivity contribution is -0.338. The quantitative estimate of drug-likeness (QED) is 0.844. The maximum atomic E-state index is 10.6. The van der Waals surface area contributed by atoms with E-state index in [4.69, 9.17) is 23.7 Å². The standard InChI is InChI=1S/C16H20O6/c1-16(2)21-13-11(17)12-10(19-15(13)22-16)8-18-14(20-12)9-6-4-3-5-7-9/h3-7,10-15,17H,8H2,1-2H3/t10-,11+,12-,13-,14?,15-/m1/s1. The van der Waals surface area contributed by atoms with Gasteiger partial charge in [-0.2, -0.15) is 0 Å². The summed E-state index contributed by atoms with van der Waals surface area (Å²) in [5.41, 5.74) is 0.916. The number of ether oxygens (including phenoxy) is 5. The summed E-state index contributed by atoms with van der Waals surface area (Å²) >= 11 is 0. The van der Waals surface area contributed by atoms with Crippen molar-refractivity contribution in [1.29, 1.82) is 0 Å². The Morgan fingerprint density at radius 1 is 1.05 bits per heavy atom. The third-order valence-corrected chi connectivity index (χ3v) is 4.20. The fraction of sp³-hybridized carbons (Fsp3) is 0.625. The van der Waals surface area contributed by atoms with Crippen molar-refractivity contribution in [2.24, 2.45) is 0 Å². The first-order chi connectivity index (χ1) is 10.5. The molecule has 120 valence electrons. The van der Waals surface area contributed by atoms with Crippen LogP contribution in [-0.2, 0) is 23.7 Å². The topological polar surface area (TPSA) is 66.4 Å². The van der Waals surface area contributed by atoms with Crippen LogP contribution in [0.25, 0.3) is 0 Å². The number of aliphatic hydroxyl groups is 1. The van der Waals surface area contributed by atoms with Crippen molar-refractivity contribution >= 4 is 0 Å². The largest absolute Gasteiger partial charge is 0.387 e. The number of rotatable bonds is 1. The molecule has 1 aromatic carbocycles. The summed E-state index contributed by atoms with van der Waals surface area (Å²) in [5.74, 6) is -0.774. The number of hydrogen-bond acceptors (Lipinski definition) is 6. The maximum Gasteiger partial charge on any atom is 0.190 e. The van der Waals surface area contributed by atoms with Gasteiger partial charge in [0.1, 0.15) is 24.4 Å². The van der Waals surface area contributed by atoms with Crippen LogP contribution in [0.3, 0.4) is 0 Å². The summed E-state index contributed by atoms with van der Waals surface area (Å²) in [5, 5.41) is 10.6. The van der Waals surface area contributed by atoms with Gasteiger partial charge in [0.15, 0.2) is 18.4 Å². The van der Waals surface area contributed by atoms with Crippen LogP contribution in [0, 0.1) is 0 Å². The first-order valence-corrected chi connectivity index (χ1v) is 7.55. The van der Waals surface area contributed by atoms with E-state index in [2.05, 4.69) is 0 Å². The summed E-state index contributed by atoms with van der Waals surface area (Å²) in [6.45, 7) is 3.94. The molecule has 1 unspecified atom stereocenters. The first kappa shape index (κ1) is 14.6. The zero-order valence-corrected chi connectivity index (χ0v) is 12.5. The van der Waals surface area contributed by atoms with Crippen molar-refractivity contribution in [3.05, 3.63) is 35.9 Å². The molecule has 1 N–H and O–H groups in total. The van der Waals surface area contributed by atoms with Gasteiger partial charge in [-0.05, 0) is 13.8 Å². The molecule has 3 aliphatic rings. The highest BCUT2D eigenvalue weighted by Crippen LogP contribution is 2.40. The molecule has 6 nitrogen and oxygen atoms in total. The van der Waals surface area contributed by atoms with Crippen LogP contribution >= 0.6 is 0 Å². The number of fused-ring (bicyclic) bond motifs is 2. The minimum atomic E-state index is -0.819. The van der Waals surface area contributed by atoms with Crippen molar-refractivity contribution in [1.82, 2.24) is 0 Å². The molecule has 3 fully saturated rings. The highest BCUT2D eigenvalue weighted by atomic mass is 16.8. The Morgan fingerprint density at radius 3 is 2.59 bits per heavy atom. The average molecular weight is 308 g/mol. The maximum absolute atomic E-state index is 10.6. The van der Waals surface area contributed by atoms with Gasteiger partial charge in [-0.1, -0.05) is 30.3 Å². The molecule has 6 atom stereocenters. The molecule has 0 saturated carbocycles. The van der Waals surface area contributed by atoms with Crippen molar-refractivity contribution in [3.8, 4) is 0 Å². The molecule has 6 heteroatoms. The van der Waals surface area contributed by atoms with E-state index in [1.54, 1.807) is 13.8 Å². The molecule has 22 heavy (non-hydrogen) atoms. The van der Waals surface area contributed by atoms with E-state index in [0.29, 0.717) is 6.61 Å². The smallest absolute Gasteiger partial charge is 0.190 e. The second-order valence-electron chi connectivity index (χ2n) is 6.31. The zero-order chi connectivity index (χ0) is 15.3. The molecular weight excluding hydrogens is 288 g/mol. The number of hydrogen-bond donors (Lipinski definition) is 1. The predicted octanol–water partition coefficient (Wildman–Crippen LogP) is 1.34. The van der Waals surface area contributed by atoms with Crippen LogP contribution < -0.4 is 0 Å². The summed E-state index contributed by atoms with van der Waals surface area (Å²) in [7, 11) is 0. The molecule has 3 aliphatic heterocycles. The summed E-state index contributed by atoms with van der Waals surface area (Å²) in [4.78, 5) is 0. The number of aliphatic hydroxyl groups excluding tert-OH is 1. The van der Waals surface area contributed by atoms with E-state index in [9.17, 15) is 5.11 Å². The van der Waals surface area contributed by atoms with Crippen LogP contribution in [0.1, 0.15) is 25.7 Å². The van der Waals surface area contributed by atoms with Gasteiger partial charge >= 0.3 is 0 Å². The highest BCUT2D eigenvalue weighted by molar-refractivity contribution is 5.16. The van der Waals surface area contributed by atoms with Gasteiger partial charge in [0, 0.05) is 5.56 Å². The lowest BCUT2D eigenvalue weighted by Gasteiger charge is -2.44. The molecule has 0 spiro atoms. The van der Waals surface area contributed by atoms with Crippen molar-refractivity contribution in [3.63, 3.8) is 0 Å². The van der Waals surface area contributed by atoms with Gasteiger partial charge in [0.25, 0.3) is 0 Å². The molecule has 1 aromatic rings. The molecule has 0 aromatic heterocycles. The Hall–Kier alpha value is -1.02. The predicted molar refractivity (Wildman–Crippen MR) is 74.7 cm³/mol. The van der Waals surface area contributed by atoms with Crippen LogP contribution in [-0.4, -0.2) is 48.2 Å². The molecule has 3 heterocycles. The van der Waals surface area contributed by atoms with Gasteiger partial charge in [-0.25, -0.2) is 0 Å². The second kappa shape index (κ2) is 5.26. The van der Waals surface area contributed by atoms with Crippen LogP contribution in [0.4, 0.5) is 0 Å². The van der Waals surface area contributed by atoms with Crippen LogP contribution in [0.15, 0.2) is 30.3 Å². The van der Waals surface area contributed by atoms with Gasteiger partial charge < -0.3 is 28.8 Å². The molecule has 4 rings (SSSR count). The third kappa shape index (κ3) is 2.46. The Balaban J connectivity index is 1.52. The minimum Gasteiger partial charge on any atom is -0.387 e. The molecule has 0 aliphatic carbocycles. The molecule has 0 amide bonds. The van der Waals surface area contributed by atoms with Crippen molar-refractivity contribution in [2.45, 2.75) is 56.6 Å². The van der Waals surface area contributed by atoms with Crippen LogP contribution in [0.2, 0.25) is 0 Å². The lowest BCUT2D eigenvalue weighted by atomic mass is 9.98. The normalized spacial score (nSPS) is 43.4. The Kier molecular flexibility index (Phi) is 3.48. The van der Waals surface area contributed by atoms with Crippen molar-refractivity contribution in [2.75, 3.05) is 6.61 Å². The Morgan fingerprint density at radius 2 is 1.82 bits per heavy atom. The summed E-state index contributed by atoms with van der Waals surface area (Å²) < 4.78 is 28.9. The lowest BCUT2D eigenvalue weighted by Crippen LogP contribution is -2.60. The fourth-order valence-electron chi connectivity index (χ4n) is 3.20. The van der Waals surface area contributed by atoms with E-state index in [-0.39, 0.29) is 6.10 Å². The van der Waals surface area contributed by atoms with E-state index >= 15 is 0 Å². The van der Waals surface area contributed by atoms with Crippen molar-refractivity contribution < 1.29 is 28.8 Å². The Labute approximate surface area is 128 Å².